The summed E-state index contributed by atoms with van der Waals surface area (Å²) in [5.74, 6) is 0. The normalized spacial score (nSPS) is 26.4. The maximum absolute atomic E-state index is 3.58. The third-order valence-corrected chi connectivity index (χ3v) is 3.13. The fourth-order valence-corrected chi connectivity index (χ4v) is 2.37. The van der Waals surface area contributed by atoms with E-state index in [4.69, 9.17) is 0 Å². The summed E-state index contributed by atoms with van der Waals surface area (Å²) >= 11 is 0. The van der Waals surface area contributed by atoms with Gasteiger partial charge in [0.05, 0.1) is 5.54 Å². The second-order valence-corrected chi connectivity index (χ2v) is 3.95. The van der Waals surface area contributed by atoms with E-state index in [-0.39, 0.29) is 17.9 Å². The topological polar surface area (TPSA) is 12.0 Å². The first kappa shape index (κ1) is 10.5. The Morgan fingerprint density at radius 2 is 2.00 bits per heavy atom. The van der Waals surface area contributed by atoms with Gasteiger partial charge in [0.2, 0.25) is 0 Å². The molecule has 1 aromatic carbocycles. The van der Waals surface area contributed by atoms with Gasteiger partial charge >= 0.3 is 0 Å². The van der Waals surface area contributed by atoms with Crippen LogP contribution in [-0.2, 0) is 5.54 Å². The molecule has 2 aliphatic rings. The number of benzene rings is 1. The van der Waals surface area contributed by atoms with E-state index < -0.39 is 0 Å². The monoisotopic (exact) mass is 219 g/mol. The van der Waals surface area contributed by atoms with Gasteiger partial charge in [0.25, 0.3) is 0 Å². The zero-order valence-electron chi connectivity index (χ0n) is 8.44. The van der Waals surface area contributed by atoms with Gasteiger partial charge in [-0.1, -0.05) is 48.6 Å². The Kier molecular flexibility index (Phi) is 2.68. The van der Waals surface area contributed by atoms with E-state index in [1.807, 2.05) is 0 Å². The van der Waals surface area contributed by atoms with Gasteiger partial charge in [-0.3, -0.25) is 0 Å². The Balaban J connectivity index is 0.000000853. The van der Waals surface area contributed by atoms with Crippen molar-refractivity contribution in [2.24, 2.45) is 0 Å². The first-order valence-electron chi connectivity index (χ1n) is 5.09. The average molecular weight is 220 g/mol. The van der Waals surface area contributed by atoms with Crippen LogP contribution in [-0.4, -0.2) is 6.54 Å². The van der Waals surface area contributed by atoms with Crippen LogP contribution >= 0.6 is 12.4 Å². The third-order valence-electron chi connectivity index (χ3n) is 3.13. The van der Waals surface area contributed by atoms with Gasteiger partial charge in [-0.2, -0.15) is 0 Å². The second-order valence-electron chi connectivity index (χ2n) is 3.95. The Bertz CT molecular complexity index is 422. The lowest BCUT2D eigenvalue weighted by Crippen LogP contribution is -2.41. The van der Waals surface area contributed by atoms with Crippen LogP contribution in [0.3, 0.4) is 0 Å². The molecule has 1 nitrogen and oxygen atoms in total. The fourth-order valence-electron chi connectivity index (χ4n) is 2.37. The van der Waals surface area contributed by atoms with Crippen molar-refractivity contribution in [3.63, 3.8) is 0 Å². The Hall–Kier alpha value is -1.05. The van der Waals surface area contributed by atoms with Crippen LogP contribution in [0.25, 0.3) is 6.08 Å². The first-order chi connectivity index (χ1) is 6.91. The summed E-state index contributed by atoms with van der Waals surface area (Å²) in [6, 6.07) is 8.62. The van der Waals surface area contributed by atoms with Crippen molar-refractivity contribution in [2.45, 2.75) is 12.0 Å². The number of hydrogen-bond donors (Lipinski definition) is 1. The molecule has 0 bridgehead atoms. The summed E-state index contributed by atoms with van der Waals surface area (Å²) in [7, 11) is 0. The standard InChI is InChI=1S/C13H13N.ClH/c1-2-6-12-11(5-1)7-9-13(12)8-3-4-10-14-13;/h1-7,9,14H,8,10H2;1H. The Labute approximate surface area is 96.3 Å². The van der Waals surface area contributed by atoms with Gasteiger partial charge in [-0.25, -0.2) is 0 Å². The Morgan fingerprint density at radius 3 is 2.80 bits per heavy atom. The van der Waals surface area contributed by atoms with Crippen LogP contribution < -0.4 is 5.32 Å². The van der Waals surface area contributed by atoms with Crippen LogP contribution in [0.1, 0.15) is 17.5 Å². The number of rotatable bonds is 0. The molecule has 0 saturated carbocycles. The van der Waals surface area contributed by atoms with Gasteiger partial charge < -0.3 is 5.32 Å². The van der Waals surface area contributed by atoms with Crippen LogP contribution in [0.4, 0.5) is 0 Å². The molecular weight excluding hydrogens is 206 g/mol. The zero-order chi connectivity index (χ0) is 9.43. The number of nitrogens with one attached hydrogen (secondary N) is 1. The van der Waals surface area contributed by atoms with Crippen molar-refractivity contribution >= 4 is 18.5 Å². The molecule has 2 heteroatoms. The van der Waals surface area contributed by atoms with Gasteiger partial charge in [-0.05, 0) is 17.5 Å². The van der Waals surface area contributed by atoms with Gasteiger partial charge in [0.15, 0.2) is 0 Å². The summed E-state index contributed by atoms with van der Waals surface area (Å²) in [5, 5.41) is 3.58. The Morgan fingerprint density at radius 1 is 1.13 bits per heavy atom. The zero-order valence-corrected chi connectivity index (χ0v) is 9.26. The molecule has 78 valence electrons. The molecule has 1 aliphatic heterocycles. The molecule has 1 aliphatic carbocycles. The molecule has 1 spiro atoms. The van der Waals surface area contributed by atoms with E-state index >= 15 is 0 Å². The molecule has 0 amide bonds. The molecule has 1 atom stereocenters. The van der Waals surface area contributed by atoms with E-state index in [0.29, 0.717) is 0 Å². The maximum atomic E-state index is 3.58. The van der Waals surface area contributed by atoms with Crippen molar-refractivity contribution in [2.75, 3.05) is 6.54 Å². The summed E-state index contributed by atoms with van der Waals surface area (Å²) in [4.78, 5) is 0. The highest BCUT2D eigenvalue weighted by atomic mass is 35.5. The predicted molar refractivity (Wildman–Crippen MR) is 66.2 cm³/mol. The van der Waals surface area contributed by atoms with Crippen LogP contribution in [0, 0.1) is 0 Å². The lowest BCUT2D eigenvalue weighted by atomic mass is 9.87. The summed E-state index contributed by atoms with van der Waals surface area (Å²) < 4.78 is 0. The van der Waals surface area contributed by atoms with Crippen molar-refractivity contribution in [3.8, 4) is 0 Å². The largest absolute Gasteiger partial charge is 0.300 e. The van der Waals surface area contributed by atoms with Crippen molar-refractivity contribution in [1.29, 1.82) is 0 Å². The lowest BCUT2D eigenvalue weighted by molar-refractivity contribution is 0.434. The van der Waals surface area contributed by atoms with E-state index in [1.54, 1.807) is 0 Å². The summed E-state index contributed by atoms with van der Waals surface area (Å²) in [5.41, 5.74) is 2.87. The highest BCUT2D eigenvalue weighted by Crippen LogP contribution is 2.37. The molecule has 0 saturated heterocycles. The quantitative estimate of drug-likeness (QED) is 0.662. The molecule has 0 fully saturated rings. The minimum absolute atomic E-state index is 0. The predicted octanol–water partition coefficient (Wildman–Crippen LogP) is 2.88. The molecule has 1 heterocycles. The van der Waals surface area contributed by atoms with Gasteiger partial charge in [0.1, 0.15) is 0 Å². The summed E-state index contributed by atoms with van der Waals surface area (Å²) in [6.07, 6.45) is 10.0. The lowest BCUT2D eigenvalue weighted by Gasteiger charge is -2.31. The van der Waals surface area contributed by atoms with Gasteiger partial charge in [0, 0.05) is 6.54 Å². The second kappa shape index (κ2) is 3.84. The van der Waals surface area contributed by atoms with E-state index in [2.05, 4.69) is 53.9 Å². The van der Waals surface area contributed by atoms with Crippen molar-refractivity contribution in [1.82, 2.24) is 5.32 Å². The summed E-state index contributed by atoms with van der Waals surface area (Å²) in [6.45, 7) is 0.971. The van der Waals surface area contributed by atoms with Crippen LogP contribution in [0.15, 0.2) is 42.5 Å². The molecule has 0 aromatic heterocycles. The van der Waals surface area contributed by atoms with E-state index in [1.165, 1.54) is 11.1 Å². The van der Waals surface area contributed by atoms with Crippen molar-refractivity contribution in [3.05, 3.63) is 53.6 Å². The van der Waals surface area contributed by atoms with Crippen molar-refractivity contribution < 1.29 is 0 Å². The van der Waals surface area contributed by atoms with E-state index in [0.717, 1.165) is 13.0 Å². The number of hydrogen-bond acceptors (Lipinski definition) is 1. The minimum atomic E-state index is 0. The smallest absolute Gasteiger partial charge is 0.0666 e. The third kappa shape index (κ3) is 1.52. The molecule has 0 radical (unpaired) electrons. The highest BCUT2D eigenvalue weighted by Gasteiger charge is 2.33. The molecule has 3 rings (SSSR count). The number of halogens is 1. The number of fused-ring (bicyclic) bond motifs is 2. The SMILES string of the molecule is C1=CCC2(C=Cc3ccccc32)NC1.Cl. The molecular formula is C13H14ClN. The first-order valence-corrected chi connectivity index (χ1v) is 5.09. The fraction of sp³-hybridized carbons (Fsp3) is 0.231. The molecule has 1 N–H and O–H groups in total. The average Bonchev–Trinajstić information content (AvgIpc) is 2.60. The molecule has 1 unspecified atom stereocenters. The van der Waals surface area contributed by atoms with Crippen LogP contribution in [0.5, 0.6) is 0 Å². The highest BCUT2D eigenvalue weighted by molar-refractivity contribution is 5.85. The minimum Gasteiger partial charge on any atom is -0.300 e. The van der Waals surface area contributed by atoms with E-state index in [9.17, 15) is 0 Å². The van der Waals surface area contributed by atoms with Crippen LogP contribution in [0.2, 0.25) is 0 Å². The van der Waals surface area contributed by atoms with Gasteiger partial charge in [-0.15, -0.1) is 12.4 Å². The maximum Gasteiger partial charge on any atom is 0.0666 e. The molecule has 1 aromatic rings. The molecule has 15 heavy (non-hydrogen) atoms.